The van der Waals surface area contributed by atoms with Crippen LogP contribution in [0.25, 0.3) is 0 Å². The van der Waals surface area contributed by atoms with E-state index in [2.05, 4.69) is 4.74 Å². The van der Waals surface area contributed by atoms with E-state index < -0.39 is 66.7 Å². The largest absolute Gasteiger partial charge is 0.471 e. The molecule has 1 aliphatic carbocycles. The summed E-state index contributed by atoms with van der Waals surface area (Å²) in [6.07, 6.45) is -7.88. The molecule has 2 heterocycles. The Morgan fingerprint density at radius 1 is 1.18 bits per heavy atom. The molecule has 2 aliphatic heterocycles. The first-order valence-electron chi connectivity index (χ1n) is 8.92. The molecule has 6 N–H and O–H groups in total. The molecule has 0 aromatic heterocycles. The molecule has 28 heavy (non-hydrogen) atoms. The molecule has 0 radical (unpaired) electrons. The Labute approximate surface area is 160 Å². The Bertz CT molecular complexity index is 633. The Hall–Kier alpha value is -1.31. The minimum Gasteiger partial charge on any atom is -0.471 e. The van der Waals surface area contributed by atoms with Crippen molar-refractivity contribution in [2.75, 3.05) is 13.7 Å². The van der Waals surface area contributed by atoms with Crippen LogP contribution in [-0.4, -0.2) is 98.5 Å². The van der Waals surface area contributed by atoms with Crippen molar-refractivity contribution < 1.29 is 54.4 Å². The van der Waals surface area contributed by atoms with Crippen molar-refractivity contribution in [1.82, 2.24) is 0 Å². The highest BCUT2D eigenvalue weighted by atomic mass is 16.8. The number of ether oxygens (including phenoxy) is 4. The predicted octanol–water partition coefficient (Wildman–Crippen LogP) is -2.89. The fourth-order valence-corrected chi connectivity index (χ4v) is 4.16. The van der Waals surface area contributed by atoms with Gasteiger partial charge in [-0.1, -0.05) is 0 Å². The first-order valence-corrected chi connectivity index (χ1v) is 8.92. The van der Waals surface area contributed by atoms with Crippen molar-refractivity contribution in [3.8, 4) is 0 Å². The lowest BCUT2D eigenvalue weighted by atomic mass is 9.77. The molecule has 0 amide bonds. The smallest absolute Gasteiger partial charge is 0.339 e. The molecule has 160 valence electrons. The zero-order valence-electron chi connectivity index (χ0n) is 15.5. The van der Waals surface area contributed by atoms with Gasteiger partial charge >= 0.3 is 5.97 Å². The van der Waals surface area contributed by atoms with Crippen LogP contribution in [0.3, 0.4) is 0 Å². The molecule has 0 aromatic rings. The van der Waals surface area contributed by atoms with Crippen LogP contribution < -0.4 is 0 Å². The molecule has 3 rings (SSSR count). The molecule has 0 unspecified atom stereocenters. The van der Waals surface area contributed by atoms with E-state index in [1.54, 1.807) is 0 Å². The van der Waals surface area contributed by atoms with Crippen LogP contribution in [-0.2, 0) is 23.7 Å². The Morgan fingerprint density at radius 3 is 2.46 bits per heavy atom. The highest BCUT2D eigenvalue weighted by Gasteiger charge is 2.64. The summed E-state index contributed by atoms with van der Waals surface area (Å²) < 4.78 is 20.9. The first-order chi connectivity index (χ1) is 13.1. The van der Waals surface area contributed by atoms with Crippen molar-refractivity contribution in [3.63, 3.8) is 0 Å². The number of carbonyl (C=O) groups is 1. The SMILES string of the molecule is COC(=O)C1=CO[C@@H](O[C@@H]2O[C@H](CO)[C@@H](O)[C@H](O)[C@H]2O)[C@H]2[C@@](C)(O)CC[C@]12O. The van der Waals surface area contributed by atoms with E-state index in [4.69, 9.17) is 14.2 Å². The maximum atomic E-state index is 12.0. The molecule has 2 fully saturated rings. The number of hydrogen-bond donors (Lipinski definition) is 6. The molecule has 11 nitrogen and oxygen atoms in total. The average molecular weight is 406 g/mol. The second kappa shape index (κ2) is 7.50. The van der Waals surface area contributed by atoms with E-state index in [9.17, 15) is 35.4 Å². The molecular formula is C17H26O11. The van der Waals surface area contributed by atoms with Gasteiger partial charge in [-0.25, -0.2) is 4.79 Å². The molecular weight excluding hydrogens is 380 g/mol. The summed E-state index contributed by atoms with van der Waals surface area (Å²) in [7, 11) is 1.14. The summed E-state index contributed by atoms with van der Waals surface area (Å²) in [5, 5.41) is 61.1. The Morgan fingerprint density at radius 2 is 1.86 bits per heavy atom. The fraction of sp³-hybridized carbons (Fsp3) is 0.824. The molecule has 0 bridgehead atoms. The number of carbonyl (C=O) groups excluding carboxylic acids is 1. The van der Waals surface area contributed by atoms with Gasteiger partial charge in [0.2, 0.25) is 6.29 Å². The standard InChI is InChI=1S/C17H26O11/c1-16(23)3-4-17(24)7(13(22)25-2)6-26-15(12(16)17)28-14-11(21)10(20)9(19)8(5-18)27-14/h6,8-12,14-15,18-21,23-24H,3-5H2,1-2H3/t8-,9-,10+,11-,12+,14+,15+,16+,17+/m1/s1. The maximum absolute atomic E-state index is 12.0. The molecule has 9 atom stereocenters. The number of methoxy groups -OCH3 is 1. The van der Waals surface area contributed by atoms with Crippen LogP contribution in [0.5, 0.6) is 0 Å². The van der Waals surface area contributed by atoms with Crippen LogP contribution in [0.4, 0.5) is 0 Å². The van der Waals surface area contributed by atoms with Crippen molar-refractivity contribution in [2.45, 2.75) is 68.0 Å². The molecule has 11 heteroatoms. The molecule has 3 aliphatic rings. The van der Waals surface area contributed by atoms with Gasteiger partial charge in [-0.3, -0.25) is 0 Å². The summed E-state index contributed by atoms with van der Waals surface area (Å²) in [4.78, 5) is 12.0. The van der Waals surface area contributed by atoms with Crippen LogP contribution >= 0.6 is 0 Å². The van der Waals surface area contributed by atoms with Crippen molar-refractivity contribution in [3.05, 3.63) is 11.8 Å². The van der Waals surface area contributed by atoms with E-state index in [1.165, 1.54) is 6.92 Å². The number of hydrogen-bond acceptors (Lipinski definition) is 11. The van der Waals surface area contributed by atoms with Gasteiger partial charge in [0.25, 0.3) is 0 Å². The third kappa shape index (κ3) is 3.31. The van der Waals surface area contributed by atoms with Crippen molar-refractivity contribution >= 4 is 5.97 Å². The van der Waals surface area contributed by atoms with Crippen LogP contribution in [0.15, 0.2) is 11.8 Å². The number of fused-ring (bicyclic) bond motifs is 1. The third-order valence-electron chi connectivity index (χ3n) is 5.78. The van der Waals surface area contributed by atoms with Crippen LogP contribution in [0.1, 0.15) is 19.8 Å². The maximum Gasteiger partial charge on any atom is 0.339 e. The third-order valence-corrected chi connectivity index (χ3v) is 5.78. The van der Waals surface area contributed by atoms with Crippen molar-refractivity contribution in [1.29, 1.82) is 0 Å². The van der Waals surface area contributed by atoms with E-state index in [0.717, 1.165) is 13.4 Å². The van der Waals surface area contributed by atoms with Crippen LogP contribution in [0, 0.1) is 5.92 Å². The second-order valence-electron chi connectivity index (χ2n) is 7.62. The molecule has 1 saturated heterocycles. The zero-order chi connectivity index (χ0) is 20.9. The number of aliphatic hydroxyl groups is 6. The van der Waals surface area contributed by atoms with Gasteiger partial charge < -0.3 is 49.6 Å². The van der Waals surface area contributed by atoms with Gasteiger partial charge in [0.1, 0.15) is 35.6 Å². The summed E-state index contributed by atoms with van der Waals surface area (Å²) in [5.41, 5.74) is -3.49. The highest BCUT2D eigenvalue weighted by molar-refractivity contribution is 5.90. The van der Waals surface area contributed by atoms with Crippen LogP contribution in [0.2, 0.25) is 0 Å². The molecule has 1 saturated carbocycles. The number of esters is 1. The van der Waals surface area contributed by atoms with Crippen molar-refractivity contribution in [2.24, 2.45) is 5.92 Å². The quantitative estimate of drug-likeness (QED) is 0.264. The Kier molecular flexibility index (Phi) is 5.73. The Balaban J connectivity index is 1.88. The minimum absolute atomic E-state index is 0.0313. The summed E-state index contributed by atoms with van der Waals surface area (Å²) in [6, 6.07) is 0. The van der Waals surface area contributed by atoms with Gasteiger partial charge in [0.15, 0.2) is 6.29 Å². The van der Waals surface area contributed by atoms with E-state index in [0.29, 0.717) is 0 Å². The van der Waals surface area contributed by atoms with E-state index >= 15 is 0 Å². The summed E-state index contributed by atoms with van der Waals surface area (Å²) in [5.74, 6) is -1.97. The van der Waals surface area contributed by atoms with Gasteiger partial charge in [-0.15, -0.1) is 0 Å². The highest BCUT2D eigenvalue weighted by Crippen LogP contribution is 2.52. The minimum atomic E-state index is -1.81. The average Bonchev–Trinajstić information content (AvgIpc) is 2.92. The monoisotopic (exact) mass is 406 g/mol. The lowest BCUT2D eigenvalue weighted by molar-refractivity contribution is -0.351. The second-order valence-corrected chi connectivity index (χ2v) is 7.62. The predicted molar refractivity (Wildman–Crippen MR) is 88.1 cm³/mol. The normalized spacial score (nSPS) is 48.4. The van der Waals surface area contributed by atoms with E-state index in [1.807, 2.05) is 0 Å². The lowest BCUT2D eigenvalue weighted by Gasteiger charge is -2.46. The topological polar surface area (TPSA) is 175 Å². The zero-order valence-corrected chi connectivity index (χ0v) is 15.5. The molecule has 0 spiro atoms. The number of aliphatic hydroxyl groups excluding tert-OH is 4. The lowest BCUT2D eigenvalue weighted by Crippen LogP contribution is -2.62. The van der Waals surface area contributed by atoms with Gasteiger partial charge in [-0.2, -0.15) is 0 Å². The fourth-order valence-electron chi connectivity index (χ4n) is 4.16. The van der Waals surface area contributed by atoms with Gasteiger partial charge in [0, 0.05) is 0 Å². The van der Waals surface area contributed by atoms with E-state index in [-0.39, 0.29) is 18.4 Å². The van der Waals surface area contributed by atoms with Gasteiger partial charge in [-0.05, 0) is 19.8 Å². The summed E-state index contributed by atoms with van der Waals surface area (Å²) in [6.45, 7) is 0.802. The summed E-state index contributed by atoms with van der Waals surface area (Å²) >= 11 is 0. The first kappa shape index (κ1) is 21.4. The van der Waals surface area contributed by atoms with Gasteiger partial charge in [0.05, 0.1) is 31.5 Å². The molecule has 0 aromatic carbocycles. The number of rotatable bonds is 4.